The van der Waals surface area contributed by atoms with Crippen LogP contribution in [-0.4, -0.2) is 30.6 Å². The van der Waals surface area contributed by atoms with Gasteiger partial charge in [-0.25, -0.2) is 4.90 Å². The van der Waals surface area contributed by atoms with Crippen LogP contribution in [0.2, 0.25) is 5.02 Å². The van der Waals surface area contributed by atoms with Crippen molar-refractivity contribution < 1.29 is 19.1 Å². The molecular weight excluding hydrogens is 400 g/mol. The first-order chi connectivity index (χ1) is 13.5. The fourth-order valence-electron chi connectivity index (χ4n) is 2.77. The van der Waals surface area contributed by atoms with Crippen LogP contribution in [0.5, 0.6) is 11.5 Å². The topological polar surface area (TPSA) is 67.9 Å². The number of benzene rings is 2. The number of thiocarbonyl (C=S) groups is 1. The Morgan fingerprint density at radius 2 is 1.93 bits per heavy atom. The summed E-state index contributed by atoms with van der Waals surface area (Å²) >= 11 is 11.3. The molecule has 1 saturated heterocycles. The second kappa shape index (κ2) is 8.41. The molecule has 0 atom stereocenters. The van der Waals surface area contributed by atoms with Gasteiger partial charge in [-0.05, 0) is 55.5 Å². The quantitative estimate of drug-likeness (QED) is 0.458. The summed E-state index contributed by atoms with van der Waals surface area (Å²) in [5.41, 5.74) is 0.852. The lowest BCUT2D eigenvalue weighted by molar-refractivity contribution is -0.122. The van der Waals surface area contributed by atoms with Crippen LogP contribution in [-0.2, 0) is 9.59 Å². The van der Waals surface area contributed by atoms with Crippen LogP contribution in [0.25, 0.3) is 6.08 Å². The van der Waals surface area contributed by atoms with E-state index in [1.165, 1.54) is 18.1 Å². The molecule has 144 valence electrons. The van der Waals surface area contributed by atoms with Crippen molar-refractivity contribution in [2.24, 2.45) is 0 Å². The largest absolute Gasteiger partial charge is 0.495 e. The predicted octanol–water partition coefficient (Wildman–Crippen LogP) is 3.58. The number of anilines is 1. The summed E-state index contributed by atoms with van der Waals surface area (Å²) in [5.74, 6) is -0.201. The Morgan fingerprint density at radius 3 is 2.64 bits per heavy atom. The Kier molecular flexibility index (Phi) is 5.96. The lowest BCUT2D eigenvalue weighted by Crippen LogP contribution is -2.54. The summed E-state index contributed by atoms with van der Waals surface area (Å²) < 4.78 is 10.9. The molecule has 28 heavy (non-hydrogen) atoms. The molecule has 0 aliphatic carbocycles. The van der Waals surface area contributed by atoms with Crippen molar-refractivity contribution in [2.75, 3.05) is 18.6 Å². The summed E-state index contributed by atoms with van der Waals surface area (Å²) in [6.07, 6.45) is 1.44. The van der Waals surface area contributed by atoms with Crippen molar-refractivity contribution in [3.8, 4) is 11.5 Å². The number of amides is 2. The van der Waals surface area contributed by atoms with Gasteiger partial charge in [0.2, 0.25) is 0 Å². The Hall–Kier alpha value is -2.90. The number of halogens is 1. The third-order valence-electron chi connectivity index (χ3n) is 4.00. The number of nitrogens with one attached hydrogen (secondary N) is 1. The second-order valence-electron chi connectivity index (χ2n) is 5.74. The molecule has 0 radical (unpaired) electrons. The first-order valence-corrected chi connectivity index (χ1v) is 9.21. The van der Waals surface area contributed by atoms with E-state index in [1.807, 2.05) is 6.92 Å². The lowest BCUT2D eigenvalue weighted by Gasteiger charge is -2.29. The fraction of sp³-hybridized carbons (Fsp3) is 0.150. The van der Waals surface area contributed by atoms with Crippen molar-refractivity contribution >= 4 is 52.5 Å². The Balaban J connectivity index is 2.08. The van der Waals surface area contributed by atoms with Gasteiger partial charge in [-0.2, -0.15) is 0 Å². The molecule has 0 saturated carbocycles. The molecule has 0 unspecified atom stereocenters. The molecule has 3 rings (SSSR count). The van der Waals surface area contributed by atoms with Crippen LogP contribution < -0.4 is 19.7 Å². The van der Waals surface area contributed by atoms with Crippen molar-refractivity contribution in [3.63, 3.8) is 0 Å². The van der Waals surface area contributed by atoms with E-state index in [2.05, 4.69) is 5.32 Å². The molecule has 2 amide bonds. The number of methoxy groups -OCH3 is 1. The number of hydrogen-bond donors (Lipinski definition) is 1. The SMILES string of the molecule is CCOc1ccc(Cl)cc1/C=C1/C(=O)NC(=S)N(c2ccccc2OC)C1=O. The number of carbonyl (C=O) groups excluding carboxylic acids is 2. The predicted molar refractivity (Wildman–Crippen MR) is 112 cm³/mol. The molecule has 1 fully saturated rings. The maximum atomic E-state index is 13.2. The minimum absolute atomic E-state index is 0.0206. The van der Waals surface area contributed by atoms with Crippen LogP contribution in [0, 0.1) is 0 Å². The summed E-state index contributed by atoms with van der Waals surface area (Å²) in [6.45, 7) is 2.27. The number of hydrogen-bond acceptors (Lipinski definition) is 5. The average molecular weight is 417 g/mol. The molecule has 2 aromatic carbocycles. The van der Waals surface area contributed by atoms with Gasteiger partial charge in [-0.15, -0.1) is 0 Å². The van der Waals surface area contributed by atoms with Gasteiger partial charge in [-0.1, -0.05) is 23.7 Å². The maximum absolute atomic E-state index is 13.2. The van der Waals surface area contributed by atoms with Gasteiger partial charge in [0, 0.05) is 10.6 Å². The highest BCUT2D eigenvalue weighted by Gasteiger charge is 2.36. The first-order valence-electron chi connectivity index (χ1n) is 8.43. The maximum Gasteiger partial charge on any atom is 0.270 e. The van der Waals surface area contributed by atoms with E-state index in [9.17, 15) is 9.59 Å². The zero-order valence-electron chi connectivity index (χ0n) is 15.2. The summed E-state index contributed by atoms with van der Waals surface area (Å²) in [7, 11) is 1.49. The van der Waals surface area contributed by atoms with Gasteiger partial charge >= 0.3 is 0 Å². The van der Waals surface area contributed by atoms with Crippen molar-refractivity contribution in [1.29, 1.82) is 0 Å². The molecule has 1 N–H and O–H groups in total. The number of rotatable bonds is 5. The monoisotopic (exact) mass is 416 g/mol. The number of carbonyl (C=O) groups is 2. The molecule has 0 aromatic heterocycles. The molecule has 0 spiro atoms. The van der Waals surface area contributed by atoms with Crippen molar-refractivity contribution in [3.05, 3.63) is 58.6 Å². The lowest BCUT2D eigenvalue weighted by atomic mass is 10.1. The molecule has 1 aliphatic rings. The van der Waals surface area contributed by atoms with Gasteiger partial charge in [0.25, 0.3) is 11.8 Å². The molecule has 2 aromatic rings. The van der Waals surface area contributed by atoms with E-state index in [1.54, 1.807) is 42.5 Å². The summed E-state index contributed by atoms with van der Waals surface area (Å²) in [4.78, 5) is 26.9. The van der Waals surface area contributed by atoms with Crippen LogP contribution in [0.3, 0.4) is 0 Å². The van der Waals surface area contributed by atoms with E-state index in [0.717, 1.165) is 0 Å². The highest BCUT2D eigenvalue weighted by molar-refractivity contribution is 7.80. The first kappa shape index (κ1) is 19.9. The molecule has 1 heterocycles. The number of para-hydroxylation sites is 2. The summed E-state index contributed by atoms with van der Waals surface area (Å²) in [6, 6.07) is 11.9. The standard InChI is InChI=1S/C20H17ClN2O4S/c1-3-27-16-9-8-13(21)10-12(16)11-14-18(24)22-20(28)23(19(14)25)15-6-4-5-7-17(15)26-2/h4-11H,3H2,1-2H3,(H,22,24,28)/b14-11-. The number of nitrogens with zero attached hydrogens (tertiary/aromatic N) is 1. The van der Waals surface area contributed by atoms with Gasteiger partial charge in [-0.3, -0.25) is 14.9 Å². The molecule has 6 nitrogen and oxygen atoms in total. The normalized spacial score (nSPS) is 15.6. The van der Waals surface area contributed by atoms with E-state index in [0.29, 0.717) is 34.4 Å². The second-order valence-corrected chi connectivity index (χ2v) is 6.57. The van der Waals surface area contributed by atoms with Gasteiger partial charge in [0.05, 0.1) is 19.4 Å². The molecular formula is C20H17ClN2O4S. The zero-order chi connectivity index (χ0) is 20.3. The van der Waals surface area contributed by atoms with Crippen molar-refractivity contribution in [1.82, 2.24) is 5.32 Å². The minimum atomic E-state index is -0.594. The Morgan fingerprint density at radius 1 is 1.18 bits per heavy atom. The van der Waals surface area contributed by atoms with E-state index in [-0.39, 0.29) is 10.7 Å². The van der Waals surface area contributed by atoms with Gasteiger partial charge < -0.3 is 9.47 Å². The average Bonchev–Trinajstić information content (AvgIpc) is 2.67. The van der Waals surface area contributed by atoms with Crippen molar-refractivity contribution in [2.45, 2.75) is 6.92 Å². The van der Waals surface area contributed by atoms with Crippen LogP contribution in [0.15, 0.2) is 48.0 Å². The molecule has 8 heteroatoms. The highest BCUT2D eigenvalue weighted by atomic mass is 35.5. The minimum Gasteiger partial charge on any atom is -0.495 e. The third kappa shape index (κ3) is 3.85. The van der Waals surface area contributed by atoms with Crippen LogP contribution in [0.4, 0.5) is 5.69 Å². The van der Waals surface area contributed by atoms with E-state index >= 15 is 0 Å². The smallest absolute Gasteiger partial charge is 0.270 e. The van der Waals surface area contributed by atoms with E-state index in [4.69, 9.17) is 33.3 Å². The number of ether oxygens (including phenoxy) is 2. The third-order valence-corrected chi connectivity index (χ3v) is 4.52. The summed E-state index contributed by atoms with van der Waals surface area (Å²) in [5, 5.41) is 2.98. The molecule has 1 aliphatic heterocycles. The zero-order valence-corrected chi connectivity index (χ0v) is 16.8. The highest BCUT2D eigenvalue weighted by Crippen LogP contribution is 2.32. The van der Waals surface area contributed by atoms with Crippen LogP contribution in [0.1, 0.15) is 12.5 Å². The van der Waals surface area contributed by atoms with Gasteiger partial charge in [0.15, 0.2) is 5.11 Å². The Bertz CT molecular complexity index is 990. The molecule has 0 bridgehead atoms. The van der Waals surface area contributed by atoms with Crippen LogP contribution >= 0.6 is 23.8 Å². The van der Waals surface area contributed by atoms with Gasteiger partial charge in [0.1, 0.15) is 17.1 Å². The Labute approximate surface area is 172 Å². The van der Waals surface area contributed by atoms with E-state index < -0.39 is 11.8 Å². The fourth-order valence-corrected chi connectivity index (χ4v) is 3.22.